The molecule has 1 aromatic rings. The minimum absolute atomic E-state index is 0.221. The minimum atomic E-state index is -0.542. The first kappa shape index (κ1) is 15.1. The second-order valence-electron chi connectivity index (χ2n) is 3.45. The maximum absolute atomic E-state index is 11.8. The predicted octanol–water partition coefficient (Wildman–Crippen LogP) is 1.26. The predicted molar refractivity (Wildman–Crippen MR) is 68.9 cm³/mol. The summed E-state index contributed by atoms with van der Waals surface area (Å²) in [5.41, 5.74) is 0.256. The Labute approximate surface area is 115 Å². The molecule has 0 saturated carbocycles. The molecule has 0 aliphatic heterocycles. The number of benzene rings is 1. The maximum Gasteiger partial charge on any atom is 0.325 e. The summed E-state index contributed by atoms with van der Waals surface area (Å²) < 4.78 is 14.5. The van der Waals surface area contributed by atoms with E-state index < -0.39 is 11.9 Å². The third kappa shape index (κ3) is 3.75. The van der Waals surface area contributed by atoms with Crippen LogP contribution in [0.5, 0.6) is 11.5 Å². The number of rotatable bonds is 5. The van der Waals surface area contributed by atoms with E-state index >= 15 is 0 Å². The Morgan fingerprint density at radius 1 is 1.21 bits per heavy atom. The summed E-state index contributed by atoms with van der Waals surface area (Å²) in [6.45, 7) is -0.221. The molecule has 0 aliphatic carbocycles. The van der Waals surface area contributed by atoms with Crippen LogP contribution in [0, 0.1) is 0 Å². The van der Waals surface area contributed by atoms with Crippen LogP contribution in [-0.4, -0.2) is 39.8 Å². The van der Waals surface area contributed by atoms with Crippen molar-refractivity contribution in [1.29, 1.82) is 0 Å². The molecule has 0 unspecified atom stereocenters. The fraction of sp³-hybridized carbons (Fsp3) is 0.333. The molecule has 1 amide bonds. The summed E-state index contributed by atoms with van der Waals surface area (Å²) in [5, 5.41) is 2.64. The number of methoxy groups -OCH3 is 3. The molecule has 1 rings (SSSR count). The summed E-state index contributed by atoms with van der Waals surface area (Å²) >= 11 is 5.97. The van der Waals surface area contributed by atoms with Crippen molar-refractivity contribution in [3.05, 3.63) is 22.7 Å². The van der Waals surface area contributed by atoms with Gasteiger partial charge in [0, 0.05) is 5.56 Å². The Bertz CT molecular complexity index is 489. The van der Waals surface area contributed by atoms with E-state index in [2.05, 4.69) is 10.1 Å². The van der Waals surface area contributed by atoms with Crippen LogP contribution < -0.4 is 14.8 Å². The van der Waals surface area contributed by atoms with E-state index in [1.54, 1.807) is 0 Å². The largest absolute Gasteiger partial charge is 0.493 e. The molecular weight excluding hydrogens is 274 g/mol. The van der Waals surface area contributed by atoms with Crippen molar-refractivity contribution in [1.82, 2.24) is 5.32 Å². The van der Waals surface area contributed by atoms with Gasteiger partial charge < -0.3 is 19.5 Å². The molecule has 0 aliphatic rings. The molecule has 0 heterocycles. The molecular formula is C12H14ClNO5. The highest BCUT2D eigenvalue weighted by Gasteiger charge is 2.15. The van der Waals surface area contributed by atoms with Crippen molar-refractivity contribution in [2.24, 2.45) is 0 Å². The van der Waals surface area contributed by atoms with Crippen LogP contribution in [0.1, 0.15) is 10.4 Å². The van der Waals surface area contributed by atoms with E-state index in [0.29, 0.717) is 11.5 Å². The lowest BCUT2D eigenvalue weighted by molar-refractivity contribution is -0.139. The molecule has 1 N–H and O–H groups in total. The molecule has 7 heteroatoms. The van der Waals surface area contributed by atoms with Gasteiger partial charge in [-0.05, 0) is 12.1 Å². The molecule has 19 heavy (non-hydrogen) atoms. The molecule has 0 fully saturated rings. The van der Waals surface area contributed by atoms with Gasteiger partial charge in [-0.1, -0.05) is 11.6 Å². The molecule has 104 valence electrons. The topological polar surface area (TPSA) is 73.9 Å². The summed E-state index contributed by atoms with van der Waals surface area (Å²) in [6, 6.07) is 2.90. The highest BCUT2D eigenvalue weighted by molar-refractivity contribution is 6.32. The van der Waals surface area contributed by atoms with Crippen molar-refractivity contribution in [3.63, 3.8) is 0 Å². The van der Waals surface area contributed by atoms with Crippen molar-refractivity contribution < 1.29 is 23.8 Å². The highest BCUT2D eigenvalue weighted by atomic mass is 35.5. The van der Waals surface area contributed by atoms with Gasteiger partial charge in [0.2, 0.25) is 0 Å². The number of nitrogens with one attached hydrogen (secondary N) is 1. The lowest BCUT2D eigenvalue weighted by Crippen LogP contribution is -2.30. The van der Waals surface area contributed by atoms with Crippen LogP contribution in [0.25, 0.3) is 0 Å². The number of ether oxygens (including phenoxy) is 3. The van der Waals surface area contributed by atoms with Crippen LogP contribution in [0.4, 0.5) is 0 Å². The average molecular weight is 288 g/mol. The molecule has 0 spiro atoms. The van der Waals surface area contributed by atoms with E-state index in [1.807, 2.05) is 0 Å². The van der Waals surface area contributed by atoms with Crippen molar-refractivity contribution >= 4 is 23.5 Å². The van der Waals surface area contributed by atoms with Crippen molar-refractivity contribution in [2.75, 3.05) is 27.9 Å². The van der Waals surface area contributed by atoms with E-state index in [4.69, 9.17) is 21.1 Å². The van der Waals surface area contributed by atoms with Crippen LogP contribution in [0.2, 0.25) is 5.02 Å². The fourth-order valence-electron chi connectivity index (χ4n) is 1.38. The zero-order valence-corrected chi connectivity index (χ0v) is 11.5. The van der Waals surface area contributed by atoms with E-state index in [1.165, 1.54) is 33.5 Å². The first-order chi connectivity index (χ1) is 9.03. The Hall–Kier alpha value is -1.95. The summed E-state index contributed by atoms with van der Waals surface area (Å²) in [6.07, 6.45) is 0. The van der Waals surface area contributed by atoms with E-state index in [0.717, 1.165) is 0 Å². The Balaban J connectivity index is 2.92. The molecule has 0 radical (unpaired) electrons. The normalized spacial score (nSPS) is 9.68. The first-order valence-electron chi connectivity index (χ1n) is 5.30. The lowest BCUT2D eigenvalue weighted by Gasteiger charge is -2.11. The third-order valence-electron chi connectivity index (χ3n) is 2.32. The van der Waals surface area contributed by atoms with Crippen LogP contribution >= 0.6 is 11.6 Å². The third-order valence-corrected chi connectivity index (χ3v) is 2.60. The number of halogens is 1. The summed E-state index contributed by atoms with van der Waals surface area (Å²) in [7, 11) is 4.12. The highest BCUT2D eigenvalue weighted by Crippen LogP contribution is 2.35. The zero-order valence-electron chi connectivity index (χ0n) is 10.8. The second-order valence-corrected chi connectivity index (χ2v) is 3.86. The van der Waals surface area contributed by atoms with Gasteiger partial charge in [-0.2, -0.15) is 0 Å². The number of esters is 1. The lowest BCUT2D eigenvalue weighted by atomic mass is 10.2. The number of carbonyl (C=O) groups is 2. The second kappa shape index (κ2) is 6.84. The zero-order chi connectivity index (χ0) is 14.4. The molecule has 1 aromatic carbocycles. The number of hydrogen-bond donors (Lipinski definition) is 1. The summed E-state index contributed by atoms with van der Waals surface area (Å²) in [5.74, 6) is -0.333. The van der Waals surface area contributed by atoms with Gasteiger partial charge in [-0.15, -0.1) is 0 Å². The fourth-order valence-corrected chi connectivity index (χ4v) is 1.66. The van der Waals surface area contributed by atoms with Gasteiger partial charge in [0.05, 0.1) is 26.4 Å². The maximum atomic E-state index is 11.8. The van der Waals surface area contributed by atoms with E-state index in [9.17, 15) is 9.59 Å². The molecule has 0 aromatic heterocycles. The quantitative estimate of drug-likeness (QED) is 0.825. The molecule has 0 atom stereocenters. The SMILES string of the molecule is COC(=O)CNC(=O)c1cc(Cl)c(OC)c(OC)c1. The molecule has 0 bridgehead atoms. The monoisotopic (exact) mass is 287 g/mol. The summed E-state index contributed by atoms with van der Waals surface area (Å²) in [4.78, 5) is 22.7. The Kier molecular flexibility index (Phi) is 5.44. The van der Waals surface area contributed by atoms with Gasteiger partial charge in [0.1, 0.15) is 6.54 Å². The standard InChI is InChI=1S/C12H14ClNO5/c1-17-9-5-7(4-8(13)11(9)19-3)12(16)14-6-10(15)18-2/h4-5H,6H2,1-3H3,(H,14,16). The van der Waals surface area contributed by atoms with Gasteiger partial charge in [-0.25, -0.2) is 0 Å². The molecule has 0 saturated heterocycles. The molecule has 6 nitrogen and oxygen atoms in total. The Morgan fingerprint density at radius 3 is 2.42 bits per heavy atom. The average Bonchev–Trinajstić information content (AvgIpc) is 2.43. The van der Waals surface area contributed by atoms with Crippen LogP contribution in [0.3, 0.4) is 0 Å². The van der Waals surface area contributed by atoms with E-state index in [-0.39, 0.29) is 17.1 Å². The van der Waals surface area contributed by atoms with Crippen molar-refractivity contribution in [2.45, 2.75) is 0 Å². The van der Waals surface area contributed by atoms with Crippen LogP contribution in [-0.2, 0) is 9.53 Å². The van der Waals surface area contributed by atoms with Crippen molar-refractivity contribution in [3.8, 4) is 11.5 Å². The van der Waals surface area contributed by atoms with Gasteiger partial charge in [0.25, 0.3) is 5.91 Å². The smallest absolute Gasteiger partial charge is 0.325 e. The van der Waals surface area contributed by atoms with Crippen LogP contribution in [0.15, 0.2) is 12.1 Å². The van der Waals surface area contributed by atoms with Gasteiger partial charge >= 0.3 is 5.97 Å². The first-order valence-corrected chi connectivity index (χ1v) is 5.67. The minimum Gasteiger partial charge on any atom is -0.493 e. The Morgan fingerprint density at radius 2 is 1.89 bits per heavy atom. The number of carbonyl (C=O) groups excluding carboxylic acids is 2. The number of hydrogen-bond acceptors (Lipinski definition) is 5. The van der Waals surface area contributed by atoms with Gasteiger partial charge in [0.15, 0.2) is 11.5 Å². The van der Waals surface area contributed by atoms with Gasteiger partial charge in [-0.3, -0.25) is 9.59 Å². The number of amides is 1.